The van der Waals surface area contributed by atoms with E-state index in [2.05, 4.69) is 38.4 Å². The molecule has 4 heterocycles. The maximum atomic E-state index is 12.7. The first-order valence-electron chi connectivity index (χ1n) is 10.0. The van der Waals surface area contributed by atoms with Crippen molar-refractivity contribution in [1.29, 1.82) is 0 Å². The molecule has 2 N–H and O–H groups in total. The summed E-state index contributed by atoms with van der Waals surface area (Å²) in [6.07, 6.45) is 0.908. The maximum Gasteiger partial charge on any atom is 0.325 e. The molecule has 0 bridgehead atoms. The number of imide groups is 1. The predicted molar refractivity (Wildman–Crippen MR) is 120 cm³/mol. The summed E-state index contributed by atoms with van der Waals surface area (Å²) in [5.74, 6) is 0.884. The lowest BCUT2D eigenvalue weighted by Gasteiger charge is -2.34. The molecule has 0 fully saturated rings. The van der Waals surface area contributed by atoms with Gasteiger partial charge < -0.3 is 14.8 Å². The fourth-order valence-electron chi connectivity index (χ4n) is 3.95. The molecule has 0 radical (unpaired) electrons. The number of urea groups is 1. The smallest absolute Gasteiger partial charge is 0.325 e. The average molecular weight is 456 g/mol. The Labute approximate surface area is 187 Å². The number of rotatable bonds is 4. The van der Waals surface area contributed by atoms with Crippen LogP contribution in [-0.4, -0.2) is 43.1 Å². The van der Waals surface area contributed by atoms with Crippen molar-refractivity contribution >= 4 is 40.3 Å². The second-order valence-corrected chi connectivity index (χ2v) is 9.28. The maximum absolute atomic E-state index is 12.7. The third-order valence-corrected chi connectivity index (χ3v) is 7.20. The molecule has 3 aromatic rings. The lowest BCUT2D eigenvalue weighted by Crippen LogP contribution is -2.45. The SMILES string of the molecule is O=C(CN1CCc2sccc2C1c1cccs1)NC(=O)Nc1ccc2c(c1)OCCO2. The molecule has 1 atom stereocenters. The summed E-state index contributed by atoms with van der Waals surface area (Å²) < 4.78 is 11.0. The van der Waals surface area contributed by atoms with E-state index in [1.54, 1.807) is 40.9 Å². The number of hydrogen-bond acceptors (Lipinski definition) is 7. The number of amides is 3. The van der Waals surface area contributed by atoms with Gasteiger partial charge in [-0.3, -0.25) is 15.0 Å². The zero-order valence-electron chi connectivity index (χ0n) is 16.6. The number of carbonyl (C=O) groups is 2. The number of thiophene rings is 2. The van der Waals surface area contributed by atoms with Crippen molar-refractivity contribution < 1.29 is 19.1 Å². The minimum atomic E-state index is -0.567. The largest absolute Gasteiger partial charge is 0.486 e. The first-order valence-corrected chi connectivity index (χ1v) is 11.8. The zero-order valence-corrected chi connectivity index (χ0v) is 18.3. The number of nitrogens with one attached hydrogen (secondary N) is 2. The summed E-state index contributed by atoms with van der Waals surface area (Å²) >= 11 is 3.45. The van der Waals surface area contributed by atoms with Gasteiger partial charge in [-0.25, -0.2) is 4.79 Å². The standard InChI is InChI=1S/C22H21N3O4S2/c26-20(24-22(27)23-14-3-4-16-17(12-14)29-9-8-28-16)13-25-7-5-18-15(6-11-31-18)21(25)19-2-1-10-30-19/h1-4,6,10-12,21H,5,7-9,13H2,(H2,23,24,26,27). The molecule has 2 aliphatic heterocycles. The van der Waals surface area contributed by atoms with Crippen LogP contribution in [0.15, 0.2) is 47.2 Å². The molecule has 7 nitrogen and oxygen atoms in total. The highest BCUT2D eigenvalue weighted by molar-refractivity contribution is 7.10. The quantitative estimate of drug-likeness (QED) is 0.624. The lowest BCUT2D eigenvalue weighted by molar-refractivity contribution is -0.121. The van der Waals surface area contributed by atoms with Crippen LogP contribution in [0.3, 0.4) is 0 Å². The van der Waals surface area contributed by atoms with Crippen LogP contribution < -0.4 is 20.1 Å². The highest BCUT2D eigenvalue weighted by Gasteiger charge is 2.31. The first-order chi connectivity index (χ1) is 15.2. The summed E-state index contributed by atoms with van der Waals surface area (Å²) in [5.41, 5.74) is 1.79. The second-order valence-electron chi connectivity index (χ2n) is 7.30. The molecular weight excluding hydrogens is 434 g/mol. The Bertz CT molecular complexity index is 1100. The minimum absolute atomic E-state index is 0.0432. The number of fused-ring (bicyclic) bond motifs is 2. The summed E-state index contributed by atoms with van der Waals surface area (Å²) in [7, 11) is 0. The van der Waals surface area contributed by atoms with Crippen molar-refractivity contribution in [3.8, 4) is 11.5 Å². The highest BCUT2D eigenvalue weighted by atomic mass is 32.1. The number of hydrogen-bond donors (Lipinski definition) is 2. The van der Waals surface area contributed by atoms with E-state index in [9.17, 15) is 9.59 Å². The van der Waals surface area contributed by atoms with Gasteiger partial charge in [0.25, 0.3) is 0 Å². The normalized spacial score (nSPS) is 17.6. The highest BCUT2D eigenvalue weighted by Crippen LogP contribution is 2.39. The second kappa shape index (κ2) is 8.70. The summed E-state index contributed by atoms with van der Waals surface area (Å²) in [4.78, 5) is 29.7. The van der Waals surface area contributed by atoms with Gasteiger partial charge in [0, 0.05) is 28.1 Å². The van der Waals surface area contributed by atoms with Crippen LogP contribution in [0, 0.1) is 0 Å². The monoisotopic (exact) mass is 455 g/mol. The van der Waals surface area contributed by atoms with Crippen molar-refractivity contribution in [3.05, 3.63) is 62.5 Å². The van der Waals surface area contributed by atoms with E-state index >= 15 is 0 Å². The number of carbonyl (C=O) groups excluding carboxylic acids is 2. The van der Waals surface area contributed by atoms with E-state index in [1.165, 1.54) is 15.3 Å². The van der Waals surface area contributed by atoms with Crippen molar-refractivity contribution in [2.24, 2.45) is 0 Å². The van der Waals surface area contributed by atoms with E-state index in [4.69, 9.17) is 9.47 Å². The molecule has 5 rings (SSSR count). The van der Waals surface area contributed by atoms with E-state index in [-0.39, 0.29) is 18.5 Å². The average Bonchev–Trinajstić information content (AvgIpc) is 3.45. The Morgan fingerprint density at radius 3 is 2.77 bits per heavy atom. The summed E-state index contributed by atoms with van der Waals surface area (Å²) in [5, 5.41) is 9.29. The van der Waals surface area contributed by atoms with E-state index in [0.29, 0.717) is 30.4 Å². The molecule has 2 aromatic heterocycles. The van der Waals surface area contributed by atoms with E-state index in [1.807, 2.05) is 6.07 Å². The topological polar surface area (TPSA) is 79.9 Å². The molecule has 160 valence electrons. The van der Waals surface area contributed by atoms with Gasteiger partial charge in [-0.2, -0.15) is 0 Å². The lowest BCUT2D eigenvalue weighted by atomic mass is 9.98. The van der Waals surface area contributed by atoms with Gasteiger partial charge in [0.1, 0.15) is 13.2 Å². The van der Waals surface area contributed by atoms with Gasteiger partial charge in [0.05, 0.1) is 12.6 Å². The zero-order chi connectivity index (χ0) is 21.2. The van der Waals surface area contributed by atoms with Gasteiger partial charge in [-0.1, -0.05) is 6.07 Å². The summed E-state index contributed by atoms with van der Waals surface area (Å²) in [6.45, 7) is 1.89. The third-order valence-electron chi connectivity index (χ3n) is 5.28. The van der Waals surface area contributed by atoms with E-state index in [0.717, 1.165) is 13.0 Å². The van der Waals surface area contributed by atoms with Crippen LogP contribution in [0.4, 0.5) is 10.5 Å². The van der Waals surface area contributed by atoms with Crippen molar-refractivity contribution in [2.75, 3.05) is 31.6 Å². The minimum Gasteiger partial charge on any atom is -0.486 e. The number of ether oxygens (including phenoxy) is 2. The van der Waals surface area contributed by atoms with Crippen LogP contribution >= 0.6 is 22.7 Å². The van der Waals surface area contributed by atoms with Crippen LogP contribution in [0.2, 0.25) is 0 Å². The molecule has 2 aliphatic rings. The Hall–Kier alpha value is -2.88. The molecule has 1 aromatic carbocycles. The van der Waals surface area contributed by atoms with Crippen LogP contribution in [0.1, 0.15) is 21.4 Å². The molecular formula is C22H21N3O4S2. The first kappa shape index (κ1) is 20.0. The fraction of sp³-hybridized carbons (Fsp3) is 0.273. The van der Waals surface area contributed by atoms with Gasteiger partial charge in [0.15, 0.2) is 11.5 Å². The van der Waals surface area contributed by atoms with Gasteiger partial charge >= 0.3 is 6.03 Å². The number of nitrogens with zero attached hydrogens (tertiary/aromatic N) is 1. The molecule has 31 heavy (non-hydrogen) atoms. The number of anilines is 1. The predicted octanol–water partition coefficient (Wildman–Crippen LogP) is 3.88. The van der Waals surface area contributed by atoms with Crippen LogP contribution in [-0.2, 0) is 11.2 Å². The molecule has 0 aliphatic carbocycles. The van der Waals surface area contributed by atoms with Gasteiger partial charge in [-0.15, -0.1) is 22.7 Å². The van der Waals surface area contributed by atoms with Crippen molar-refractivity contribution in [3.63, 3.8) is 0 Å². The van der Waals surface area contributed by atoms with E-state index < -0.39 is 6.03 Å². The third kappa shape index (κ3) is 4.30. The summed E-state index contributed by atoms with van der Waals surface area (Å²) in [6, 6.07) is 10.9. The molecule has 0 saturated carbocycles. The molecule has 3 amide bonds. The molecule has 1 unspecified atom stereocenters. The Kier molecular flexibility index (Phi) is 5.63. The molecule has 0 saturated heterocycles. The fourth-order valence-corrected chi connectivity index (χ4v) is 5.73. The number of benzene rings is 1. The van der Waals surface area contributed by atoms with Crippen molar-refractivity contribution in [2.45, 2.75) is 12.5 Å². The molecule has 0 spiro atoms. The Morgan fingerprint density at radius 1 is 1.06 bits per heavy atom. The Balaban J connectivity index is 1.23. The van der Waals surface area contributed by atoms with Crippen LogP contribution in [0.5, 0.6) is 11.5 Å². The Morgan fingerprint density at radius 2 is 1.94 bits per heavy atom. The van der Waals surface area contributed by atoms with Gasteiger partial charge in [0.2, 0.25) is 5.91 Å². The van der Waals surface area contributed by atoms with Crippen LogP contribution in [0.25, 0.3) is 0 Å². The van der Waals surface area contributed by atoms with Crippen molar-refractivity contribution in [1.82, 2.24) is 10.2 Å². The van der Waals surface area contributed by atoms with Gasteiger partial charge in [-0.05, 0) is 47.0 Å². The molecule has 9 heteroatoms.